The third-order valence-electron chi connectivity index (χ3n) is 2.54. The monoisotopic (exact) mass is 270 g/mol. The fourth-order valence-electron chi connectivity index (χ4n) is 1.33. The Balaban J connectivity index is 2.52. The van der Waals surface area contributed by atoms with E-state index in [4.69, 9.17) is 0 Å². The molecule has 0 amide bonds. The van der Waals surface area contributed by atoms with Gasteiger partial charge < -0.3 is 5.32 Å². The van der Waals surface area contributed by atoms with Crippen molar-refractivity contribution in [2.45, 2.75) is 6.92 Å². The van der Waals surface area contributed by atoms with Gasteiger partial charge in [0.25, 0.3) is 0 Å². The average molecular weight is 270 g/mol. The van der Waals surface area contributed by atoms with Crippen LogP contribution in [0.1, 0.15) is 17.3 Å². The van der Waals surface area contributed by atoms with Crippen LogP contribution < -0.4 is 5.32 Å². The Morgan fingerprint density at radius 3 is 2.22 bits per heavy atom. The average Bonchev–Trinajstić information content (AvgIpc) is 2.29. The molecule has 6 heteroatoms. The predicted molar refractivity (Wildman–Crippen MR) is 72.4 cm³/mol. The number of ketones is 1. The zero-order valence-electron chi connectivity index (χ0n) is 10.8. The lowest BCUT2D eigenvalue weighted by molar-refractivity contribution is 0.101. The van der Waals surface area contributed by atoms with Crippen molar-refractivity contribution >= 4 is 21.5 Å². The summed E-state index contributed by atoms with van der Waals surface area (Å²) in [6, 6.07) is 6.95. The van der Waals surface area contributed by atoms with Gasteiger partial charge in [0.2, 0.25) is 10.0 Å². The lowest BCUT2D eigenvalue weighted by Gasteiger charge is -2.12. The Morgan fingerprint density at radius 1 is 1.22 bits per heavy atom. The van der Waals surface area contributed by atoms with Crippen LogP contribution in [0.4, 0.5) is 5.69 Å². The Kier molecular flexibility index (Phi) is 4.86. The van der Waals surface area contributed by atoms with Gasteiger partial charge in [0, 0.05) is 31.9 Å². The van der Waals surface area contributed by atoms with Crippen LogP contribution in [0.15, 0.2) is 24.3 Å². The van der Waals surface area contributed by atoms with E-state index in [1.807, 2.05) is 0 Å². The number of nitrogens with one attached hydrogen (secondary N) is 1. The van der Waals surface area contributed by atoms with Crippen molar-refractivity contribution in [2.24, 2.45) is 0 Å². The van der Waals surface area contributed by atoms with E-state index in [-0.39, 0.29) is 11.5 Å². The van der Waals surface area contributed by atoms with Gasteiger partial charge in [-0.2, -0.15) is 0 Å². The summed E-state index contributed by atoms with van der Waals surface area (Å²) in [6.45, 7) is 1.84. The van der Waals surface area contributed by atoms with Gasteiger partial charge in [-0.1, -0.05) is 0 Å². The van der Waals surface area contributed by atoms with Gasteiger partial charge in [-0.05, 0) is 31.2 Å². The quantitative estimate of drug-likeness (QED) is 0.789. The lowest BCUT2D eigenvalue weighted by Crippen LogP contribution is -2.28. The van der Waals surface area contributed by atoms with Gasteiger partial charge in [0.1, 0.15) is 0 Å². The maximum Gasteiger partial charge on any atom is 0.215 e. The number of hydrogen-bond acceptors (Lipinski definition) is 4. The van der Waals surface area contributed by atoms with E-state index >= 15 is 0 Å². The zero-order chi connectivity index (χ0) is 13.8. The number of carbonyl (C=O) groups excluding carboxylic acids is 1. The van der Waals surface area contributed by atoms with Crippen molar-refractivity contribution in [1.29, 1.82) is 0 Å². The third-order valence-corrected chi connectivity index (χ3v) is 4.37. The van der Waals surface area contributed by atoms with Gasteiger partial charge in [0.05, 0.1) is 5.75 Å². The smallest absolute Gasteiger partial charge is 0.215 e. The molecule has 0 aromatic heterocycles. The van der Waals surface area contributed by atoms with E-state index in [1.54, 1.807) is 24.3 Å². The first-order valence-corrected chi connectivity index (χ1v) is 7.19. The second-order valence-electron chi connectivity index (χ2n) is 4.16. The molecule has 1 rings (SSSR count). The van der Waals surface area contributed by atoms with Crippen LogP contribution >= 0.6 is 0 Å². The number of rotatable bonds is 6. The summed E-state index contributed by atoms with van der Waals surface area (Å²) in [5.74, 6) is 0.0470. The molecule has 0 fully saturated rings. The molecular weight excluding hydrogens is 252 g/mol. The molecule has 1 N–H and O–H groups in total. The summed E-state index contributed by atoms with van der Waals surface area (Å²) in [7, 11) is -0.151. The molecule has 0 saturated carbocycles. The molecule has 0 aliphatic carbocycles. The molecule has 0 saturated heterocycles. The number of anilines is 1. The van der Waals surface area contributed by atoms with Crippen molar-refractivity contribution in [3.05, 3.63) is 29.8 Å². The van der Waals surface area contributed by atoms with Crippen LogP contribution in [0, 0.1) is 0 Å². The van der Waals surface area contributed by atoms with E-state index in [9.17, 15) is 13.2 Å². The topological polar surface area (TPSA) is 66.5 Å². The maximum atomic E-state index is 11.5. The summed E-state index contributed by atoms with van der Waals surface area (Å²) >= 11 is 0. The van der Waals surface area contributed by atoms with Crippen LogP contribution in [0.3, 0.4) is 0 Å². The summed E-state index contributed by atoms with van der Waals surface area (Å²) in [6.07, 6.45) is 0. The predicted octanol–water partition coefficient (Wildman–Crippen LogP) is 1.19. The number of nitrogens with zero attached hydrogens (tertiary/aromatic N) is 1. The fraction of sp³-hybridized carbons (Fsp3) is 0.417. The van der Waals surface area contributed by atoms with Gasteiger partial charge in [-0.15, -0.1) is 0 Å². The van der Waals surface area contributed by atoms with Crippen LogP contribution in [0.2, 0.25) is 0 Å². The highest BCUT2D eigenvalue weighted by Gasteiger charge is 2.12. The van der Waals surface area contributed by atoms with E-state index in [0.717, 1.165) is 5.69 Å². The van der Waals surface area contributed by atoms with Gasteiger partial charge >= 0.3 is 0 Å². The van der Waals surface area contributed by atoms with Crippen molar-refractivity contribution in [3.63, 3.8) is 0 Å². The minimum absolute atomic E-state index is 0.0109. The molecule has 0 unspecified atom stereocenters. The SMILES string of the molecule is CC(=O)c1ccc(NCCS(=O)(=O)N(C)C)cc1. The standard InChI is InChI=1S/C12H18N2O3S/c1-10(15)11-4-6-12(7-5-11)13-8-9-18(16,17)14(2)3/h4-7,13H,8-9H2,1-3H3. The Morgan fingerprint density at radius 2 is 1.78 bits per heavy atom. The zero-order valence-corrected chi connectivity index (χ0v) is 11.6. The molecule has 0 aliphatic rings. The molecule has 1 aromatic carbocycles. The van der Waals surface area contributed by atoms with Crippen molar-refractivity contribution in [3.8, 4) is 0 Å². The normalized spacial score (nSPS) is 11.6. The minimum Gasteiger partial charge on any atom is -0.384 e. The minimum atomic E-state index is -3.17. The number of benzene rings is 1. The molecule has 0 spiro atoms. The Bertz CT molecular complexity index is 507. The molecule has 0 radical (unpaired) electrons. The maximum absolute atomic E-state index is 11.5. The van der Waals surface area contributed by atoms with E-state index in [0.29, 0.717) is 12.1 Å². The summed E-state index contributed by atoms with van der Waals surface area (Å²) < 4.78 is 24.2. The molecule has 0 atom stereocenters. The summed E-state index contributed by atoms with van der Waals surface area (Å²) in [4.78, 5) is 11.1. The number of Topliss-reactive ketones (excluding diaryl/α,β-unsaturated/α-hetero) is 1. The molecular formula is C12H18N2O3S. The van der Waals surface area contributed by atoms with E-state index in [2.05, 4.69) is 5.32 Å². The molecule has 0 bridgehead atoms. The highest BCUT2D eigenvalue weighted by Crippen LogP contribution is 2.09. The van der Waals surface area contributed by atoms with Gasteiger partial charge in [0.15, 0.2) is 5.78 Å². The van der Waals surface area contributed by atoms with Crippen molar-refractivity contribution < 1.29 is 13.2 Å². The Hall–Kier alpha value is -1.40. The van der Waals surface area contributed by atoms with Crippen LogP contribution in [0.25, 0.3) is 0 Å². The fourth-order valence-corrected chi connectivity index (χ4v) is 2.05. The first-order chi connectivity index (χ1) is 8.33. The Labute approximate surface area is 108 Å². The highest BCUT2D eigenvalue weighted by molar-refractivity contribution is 7.89. The first kappa shape index (κ1) is 14.7. The third kappa shape index (κ3) is 4.12. The van der Waals surface area contributed by atoms with Crippen molar-refractivity contribution in [2.75, 3.05) is 31.7 Å². The molecule has 5 nitrogen and oxygen atoms in total. The largest absolute Gasteiger partial charge is 0.384 e. The summed E-state index contributed by atoms with van der Waals surface area (Å²) in [5.41, 5.74) is 1.44. The highest BCUT2D eigenvalue weighted by atomic mass is 32.2. The van der Waals surface area contributed by atoms with Crippen molar-refractivity contribution in [1.82, 2.24) is 4.31 Å². The number of sulfonamides is 1. The van der Waals surface area contributed by atoms with Gasteiger partial charge in [-0.25, -0.2) is 12.7 Å². The molecule has 0 aliphatic heterocycles. The van der Waals surface area contributed by atoms with Crippen LogP contribution in [0.5, 0.6) is 0 Å². The molecule has 1 aromatic rings. The van der Waals surface area contributed by atoms with Crippen LogP contribution in [-0.2, 0) is 10.0 Å². The second-order valence-corrected chi connectivity index (χ2v) is 6.46. The molecule has 100 valence electrons. The van der Waals surface area contributed by atoms with E-state index in [1.165, 1.54) is 25.3 Å². The van der Waals surface area contributed by atoms with Gasteiger partial charge in [-0.3, -0.25) is 4.79 Å². The number of carbonyl (C=O) groups is 1. The first-order valence-electron chi connectivity index (χ1n) is 5.58. The van der Waals surface area contributed by atoms with Crippen LogP contribution in [-0.4, -0.2) is 44.9 Å². The second kappa shape index (κ2) is 5.97. The molecule has 18 heavy (non-hydrogen) atoms. The lowest BCUT2D eigenvalue weighted by atomic mass is 10.1. The number of hydrogen-bond donors (Lipinski definition) is 1. The van der Waals surface area contributed by atoms with E-state index < -0.39 is 10.0 Å². The molecule has 0 heterocycles. The summed E-state index contributed by atoms with van der Waals surface area (Å²) in [5, 5.41) is 3.00.